The van der Waals surface area contributed by atoms with Crippen LogP contribution in [0, 0.1) is 6.92 Å². The van der Waals surface area contributed by atoms with Crippen molar-refractivity contribution in [3.8, 4) is 11.1 Å². The van der Waals surface area contributed by atoms with Gasteiger partial charge in [-0.25, -0.2) is 0 Å². The predicted molar refractivity (Wildman–Crippen MR) is 115 cm³/mol. The molecule has 0 saturated carbocycles. The molecule has 0 amide bonds. The van der Waals surface area contributed by atoms with Crippen LogP contribution in [0.15, 0.2) is 72.9 Å². The van der Waals surface area contributed by atoms with Gasteiger partial charge in [-0.15, -0.1) is 0 Å². The van der Waals surface area contributed by atoms with Crippen LogP contribution in [0.5, 0.6) is 0 Å². The smallest absolute Gasteiger partial charge is 0.0457 e. The van der Waals surface area contributed by atoms with E-state index >= 15 is 0 Å². The summed E-state index contributed by atoms with van der Waals surface area (Å²) >= 11 is 6.12. The number of rotatable bonds is 6. The minimum absolute atomic E-state index is 0.782. The summed E-state index contributed by atoms with van der Waals surface area (Å²) < 4.78 is 0. The maximum Gasteiger partial charge on any atom is 0.0457 e. The molecule has 0 bridgehead atoms. The van der Waals surface area contributed by atoms with Crippen molar-refractivity contribution < 1.29 is 0 Å². The largest absolute Gasteiger partial charge is 0.361 e. The first kappa shape index (κ1) is 17.8. The molecule has 0 fully saturated rings. The van der Waals surface area contributed by atoms with Gasteiger partial charge in [-0.3, -0.25) is 0 Å². The maximum absolute atomic E-state index is 6.12. The Labute approximate surface area is 165 Å². The summed E-state index contributed by atoms with van der Waals surface area (Å²) in [6, 6.07) is 23.4. The van der Waals surface area contributed by atoms with Crippen LogP contribution < -0.4 is 5.32 Å². The van der Waals surface area contributed by atoms with Crippen molar-refractivity contribution in [2.75, 3.05) is 6.54 Å². The Morgan fingerprint density at radius 2 is 1.59 bits per heavy atom. The number of hydrogen-bond donors (Lipinski definition) is 2. The molecule has 1 aromatic heterocycles. The van der Waals surface area contributed by atoms with Crippen molar-refractivity contribution >= 4 is 22.5 Å². The number of aromatic nitrogens is 1. The minimum atomic E-state index is 0.782. The van der Waals surface area contributed by atoms with Gasteiger partial charge in [-0.1, -0.05) is 65.7 Å². The first-order valence-electron chi connectivity index (χ1n) is 9.31. The van der Waals surface area contributed by atoms with Gasteiger partial charge in [-0.2, -0.15) is 0 Å². The lowest BCUT2D eigenvalue weighted by atomic mass is 10.0. The van der Waals surface area contributed by atoms with E-state index in [-0.39, 0.29) is 0 Å². The van der Waals surface area contributed by atoms with E-state index in [1.54, 1.807) is 0 Å². The molecule has 0 aliphatic heterocycles. The van der Waals surface area contributed by atoms with Crippen LogP contribution in [0.25, 0.3) is 22.0 Å². The number of halogens is 1. The molecule has 2 N–H and O–H groups in total. The van der Waals surface area contributed by atoms with Crippen LogP contribution in [-0.4, -0.2) is 11.5 Å². The van der Waals surface area contributed by atoms with Crippen LogP contribution in [0.2, 0.25) is 5.02 Å². The Morgan fingerprint density at radius 1 is 0.889 bits per heavy atom. The number of aromatic amines is 1. The fourth-order valence-corrected chi connectivity index (χ4v) is 3.55. The van der Waals surface area contributed by atoms with Gasteiger partial charge < -0.3 is 10.3 Å². The van der Waals surface area contributed by atoms with E-state index in [1.165, 1.54) is 33.2 Å². The summed E-state index contributed by atoms with van der Waals surface area (Å²) in [5.74, 6) is 0. The molecule has 2 nitrogen and oxygen atoms in total. The molecule has 3 heteroatoms. The molecule has 0 aliphatic rings. The first-order chi connectivity index (χ1) is 13.2. The number of fused-ring (bicyclic) bond motifs is 1. The van der Waals surface area contributed by atoms with Crippen molar-refractivity contribution in [1.82, 2.24) is 10.3 Å². The normalized spacial score (nSPS) is 11.2. The molecular weight excluding hydrogens is 352 g/mol. The zero-order valence-electron chi connectivity index (χ0n) is 15.4. The van der Waals surface area contributed by atoms with Crippen LogP contribution in [0.1, 0.15) is 16.7 Å². The number of nitrogens with one attached hydrogen (secondary N) is 2. The van der Waals surface area contributed by atoms with E-state index in [0.29, 0.717) is 0 Å². The van der Waals surface area contributed by atoms with E-state index < -0.39 is 0 Å². The number of aryl methyl sites for hydroxylation is 1. The molecule has 0 unspecified atom stereocenters. The van der Waals surface area contributed by atoms with Gasteiger partial charge in [0.15, 0.2) is 0 Å². The summed E-state index contributed by atoms with van der Waals surface area (Å²) in [6.07, 6.45) is 3.06. The average molecular weight is 375 g/mol. The zero-order chi connectivity index (χ0) is 18.6. The molecule has 4 aromatic rings. The zero-order valence-corrected chi connectivity index (χ0v) is 16.2. The molecule has 1 heterocycles. The Hall–Kier alpha value is -2.55. The summed E-state index contributed by atoms with van der Waals surface area (Å²) in [6.45, 7) is 3.92. The van der Waals surface area contributed by atoms with E-state index in [1.807, 2.05) is 18.2 Å². The molecule has 136 valence electrons. The number of H-pyrrole nitrogens is 1. The van der Waals surface area contributed by atoms with Crippen LogP contribution >= 0.6 is 11.6 Å². The third-order valence-electron chi connectivity index (χ3n) is 4.97. The highest BCUT2D eigenvalue weighted by Gasteiger charge is 2.04. The standard InChI is InChI=1S/C24H23ClN2/c1-17-2-6-19(7-3-17)20-8-4-18(5-9-20)15-26-13-12-21-16-27-24-11-10-22(25)14-23(21)24/h2-11,14,16,26-27H,12-13,15H2,1H3. The molecule has 0 aliphatic carbocycles. The molecule has 0 atom stereocenters. The summed E-state index contributed by atoms with van der Waals surface area (Å²) in [7, 11) is 0. The lowest BCUT2D eigenvalue weighted by molar-refractivity contribution is 0.688. The van der Waals surface area contributed by atoms with E-state index in [9.17, 15) is 0 Å². The Balaban J connectivity index is 1.32. The van der Waals surface area contributed by atoms with Gasteiger partial charge in [0.1, 0.15) is 0 Å². The highest BCUT2D eigenvalue weighted by Crippen LogP contribution is 2.23. The minimum Gasteiger partial charge on any atom is -0.361 e. The van der Waals surface area contributed by atoms with Gasteiger partial charge in [0.05, 0.1) is 0 Å². The van der Waals surface area contributed by atoms with Crippen molar-refractivity contribution in [2.45, 2.75) is 19.9 Å². The van der Waals surface area contributed by atoms with Crippen LogP contribution in [0.4, 0.5) is 0 Å². The topological polar surface area (TPSA) is 27.8 Å². The van der Waals surface area contributed by atoms with Crippen LogP contribution in [-0.2, 0) is 13.0 Å². The lowest BCUT2D eigenvalue weighted by Gasteiger charge is -2.07. The van der Waals surface area contributed by atoms with E-state index in [4.69, 9.17) is 11.6 Å². The third-order valence-corrected chi connectivity index (χ3v) is 5.20. The number of hydrogen-bond acceptors (Lipinski definition) is 1. The first-order valence-corrected chi connectivity index (χ1v) is 9.69. The highest BCUT2D eigenvalue weighted by molar-refractivity contribution is 6.31. The van der Waals surface area contributed by atoms with Crippen molar-refractivity contribution in [3.05, 3.63) is 94.6 Å². The molecule has 3 aromatic carbocycles. The highest BCUT2D eigenvalue weighted by atomic mass is 35.5. The second-order valence-corrected chi connectivity index (χ2v) is 7.43. The maximum atomic E-state index is 6.12. The molecule has 0 saturated heterocycles. The van der Waals surface area contributed by atoms with Crippen molar-refractivity contribution in [2.24, 2.45) is 0 Å². The van der Waals surface area contributed by atoms with Gasteiger partial charge in [-0.05, 0) is 60.3 Å². The lowest BCUT2D eigenvalue weighted by Crippen LogP contribution is -2.16. The van der Waals surface area contributed by atoms with Crippen molar-refractivity contribution in [3.63, 3.8) is 0 Å². The van der Waals surface area contributed by atoms with Gasteiger partial charge >= 0.3 is 0 Å². The Bertz CT molecular complexity index is 1030. The second-order valence-electron chi connectivity index (χ2n) is 6.99. The molecule has 0 radical (unpaired) electrons. The summed E-state index contributed by atoms with van der Waals surface area (Å²) in [5.41, 5.74) is 7.55. The second kappa shape index (κ2) is 7.99. The predicted octanol–water partition coefficient (Wildman–Crippen LogP) is 6.13. The molecular formula is C24H23ClN2. The summed E-state index contributed by atoms with van der Waals surface area (Å²) in [4.78, 5) is 3.31. The van der Waals surface area contributed by atoms with Crippen LogP contribution in [0.3, 0.4) is 0 Å². The Kier molecular flexibility index (Phi) is 5.28. The van der Waals surface area contributed by atoms with Gasteiger partial charge in [0, 0.05) is 28.7 Å². The van der Waals surface area contributed by atoms with Gasteiger partial charge in [0.25, 0.3) is 0 Å². The quantitative estimate of drug-likeness (QED) is 0.390. The molecule has 4 rings (SSSR count). The third kappa shape index (κ3) is 4.24. The molecule has 27 heavy (non-hydrogen) atoms. The average Bonchev–Trinajstić information content (AvgIpc) is 3.08. The van der Waals surface area contributed by atoms with Gasteiger partial charge in [0.2, 0.25) is 0 Å². The monoisotopic (exact) mass is 374 g/mol. The fourth-order valence-electron chi connectivity index (χ4n) is 3.37. The number of benzene rings is 3. The summed E-state index contributed by atoms with van der Waals surface area (Å²) in [5, 5.41) is 5.54. The SMILES string of the molecule is Cc1ccc(-c2ccc(CNCCc3c[nH]c4ccc(Cl)cc34)cc2)cc1. The Morgan fingerprint density at radius 3 is 2.33 bits per heavy atom. The fraction of sp³-hybridized carbons (Fsp3) is 0.167. The van der Waals surface area contributed by atoms with E-state index in [0.717, 1.165) is 30.0 Å². The molecule has 0 spiro atoms. The van der Waals surface area contributed by atoms with E-state index in [2.05, 4.69) is 72.0 Å². The van der Waals surface area contributed by atoms with Crippen molar-refractivity contribution in [1.29, 1.82) is 0 Å².